The van der Waals surface area contributed by atoms with Crippen LogP contribution in [0.25, 0.3) is 0 Å². The minimum atomic E-state index is -0.421. The summed E-state index contributed by atoms with van der Waals surface area (Å²) in [7, 11) is 0. The molecule has 0 radical (unpaired) electrons. The maximum absolute atomic E-state index is 12.5. The van der Waals surface area contributed by atoms with E-state index in [9.17, 15) is 10.1 Å². The zero-order chi connectivity index (χ0) is 18.6. The van der Waals surface area contributed by atoms with E-state index in [0.29, 0.717) is 0 Å². The third-order valence-corrected chi connectivity index (χ3v) is 4.03. The quantitative estimate of drug-likeness (QED) is 0.630. The van der Waals surface area contributed by atoms with E-state index >= 15 is 0 Å². The second-order valence-corrected chi connectivity index (χ2v) is 6.36. The fourth-order valence-corrected chi connectivity index (χ4v) is 2.83. The minimum Gasteiger partial charge on any atom is -0.360 e. The number of anilines is 2. The Morgan fingerprint density at radius 2 is 1.56 bits per heavy atom. The molecule has 4 nitrogen and oxygen atoms in total. The number of nitriles is 1. The van der Waals surface area contributed by atoms with E-state index in [-0.39, 0.29) is 5.57 Å². The van der Waals surface area contributed by atoms with Crippen LogP contribution in [0, 0.1) is 45.9 Å². The number of nitrogens with zero attached hydrogens (tertiary/aromatic N) is 1. The first-order valence-electron chi connectivity index (χ1n) is 8.15. The zero-order valence-electron chi connectivity index (χ0n) is 15.3. The van der Waals surface area contributed by atoms with Crippen molar-refractivity contribution >= 4 is 17.3 Å². The van der Waals surface area contributed by atoms with Gasteiger partial charge in [0.15, 0.2) is 0 Å². The predicted molar refractivity (Wildman–Crippen MR) is 103 cm³/mol. The number of hydrogen-bond donors (Lipinski definition) is 2. The number of rotatable bonds is 4. The molecule has 0 bridgehead atoms. The minimum absolute atomic E-state index is 0.0272. The molecule has 0 aliphatic heterocycles. The Kier molecular flexibility index (Phi) is 5.61. The molecule has 2 N–H and O–H groups in total. The number of nitrogens with one attached hydrogen (secondary N) is 2. The van der Waals surface area contributed by atoms with Gasteiger partial charge in [-0.15, -0.1) is 0 Å². The third kappa shape index (κ3) is 4.48. The van der Waals surface area contributed by atoms with Gasteiger partial charge in [0.1, 0.15) is 11.6 Å². The lowest BCUT2D eigenvalue weighted by molar-refractivity contribution is -0.112. The molecule has 1 amide bonds. The summed E-state index contributed by atoms with van der Waals surface area (Å²) in [6.45, 7) is 9.90. The summed E-state index contributed by atoms with van der Waals surface area (Å²) < 4.78 is 0. The molecule has 2 rings (SSSR count). The monoisotopic (exact) mass is 333 g/mol. The molecule has 0 aliphatic carbocycles. The fraction of sp³-hybridized carbons (Fsp3) is 0.238. The van der Waals surface area contributed by atoms with Gasteiger partial charge in [0, 0.05) is 17.6 Å². The van der Waals surface area contributed by atoms with Crippen molar-refractivity contribution < 1.29 is 4.79 Å². The maximum atomic E-state index is 12.5. The Morgan fingerprint density at radius 1 is 0.960 bits per heavy atom. The first-order chi connectivity index (χ1) is 11.8. The molecule has 2 aromatic carbocycles. The first kappa shape index (κ1) is 18.3. The number of aryl methyl sites for hydroxylation is 5. The van der Waals surface area contributed by atoms with Crippen molar-refractivity contribution in [2.24, 2.45) is 0 Å². The van der Waals surface area contributed by atoms with E-state index in [1.54, 1.807) is 0 Å². The van der Waals surface area contributed by atoms with Crippen LogP contribution in [-0.4, -0.2) is 5.91 Å². The second-order valence-electron chi connectivity index (χ2n) is 6.36. The normalized spacial score (nSPS) is 11.0. The highest BCUT2D eigenvalue weighted by molar-refractivity contribution is 6.07. The lowest BCUT2D eigenvalue weighted by atomic mass is 10.0. The molecule has 0 spiro atoms. The van der Waals surface area contributed by atoms with Crippen LogP contribution >= 0.6 is 0 Å². The summed E-state index contributed by atoms with van der Waals surface area (Å²) in [5.41, 5.74) is 6.96. The Morgan fingerprint density at radius 3 is 2.12 bits per heavy atom. The van der Waals surface area contributed by atoms with Crippen molar-refractivity contribution in [1.29, 1.82) is 5.26 Å². The number of hydrogen-bond acceptors (Lipinski definition) is 3. The van der Waals surface area contributed by atoms with Crippen LogP contribution in [-0.2, 0) is 4.79 Å². The van der Waals surface area contributed by atoms with Gasteiger partial charge in [0.25, 0.3) is 5.91 Å². The Bertz CT molecular complexity index is 865. The predicted octanol–water partition coefficient (Wildman–Crippen LogP) is 4.69. The molecular formula is C21H23N3O. The number of carbonyl (C=O) groups is 1. The molecule has 0 aromatic heterocycles. The van der Waals surface area contributed by atoms with E-state index < -0.39 is 5.91 Å². The van der Waals surface area contributed by atoms with E-state index in [1.807, 2.05) is 71.0 Å². The van der Waals surface area contributed by atoms with E-state index in [2.05, 4.69) is 10.6 Å². The summed E-state index contributed by atoms with van der Waals surface area (Å²) in [5, 5.41) is 15.2. The molecule has 0 heterocycles. The largest absolute Gasteiger partial charge is 0.360 e. The van der Waals surface area contributed by atoms with Gasteiger partial charge >= 0.3 is 0 Å². The standard InChI is InChI=1S/C21H23N3O/c1-13-6-7-19(15(3)8-13)23-12-18(11-22)21(25)24-20-16(4)9-14(2)10-17(20)5/h6-10,12,23H,1-5H3,(H,24,25)/b18-12-. The van der Waals surface area contributed by atoms with E-state index in [0.717, 1.165) is 39.2 Å². The van der Waals surface area contributed by atoms with E-state index in [4.69, 9.17) is 0 Å². The van der Waals surface area contributed by atoms with Crippen LogP contribution in [0.15, 0.2) is 42.1 Å². The molecule has 0 unspecified atom stereocenters. The van der Waals surface area contributed by atoms with Crippen molar-refractivity contribution in [2.45, 2.75) is 34.6 Å². The van der Waals surface area contributed by atoms with Crippen molar-refractivity contribution in [1.82, 2.24) is 0 Å². The van der Waals surface area contributed by atoms with Crippen LogP contribution in [0.5, 0.6) is 0 Å². The van der Waals surface area contributed by atoms with Gasteiger partial charge in [-0.05, 0) is 57.4 Å². The van der Waals surface area contributed by atoms with Gasteiger partial charge in [0.05, 0.1) is 0 Å². The molecule has 4 heteroatoms. The summed E-state index contributed by atoms with van der Waals surface area (Å²) in [5.74, 6) is -0.421. The first-order valence-corrected chi connectivity index (χ1v) is 8.15. The Hall–Kier alpha value is -3.06. The van der Waals surface area contributed by atoms with Gasteiger partial charge in [-0.3, -0.25) is 4.79 Å². The molecule has 0 atom stereocenters. The average molecular weight is 333 g/mol. The molecule has 128 valence electrons. The van der Waals surface area contributed by atoms with Gasteiger partial charge < -0.3 is 10.6 Å². The third-order valence-electron chi connectivity index (χ3n) is 4.03. The molecule has 2 aromatic rings. The molecule has 0 fully saturated rings. The van der Waals surface area contributed by atoms with Crippen LogP contribution in [0.4, 0.5) is 11.4 Å². The van der Waals surface area contributed by atoms with Gasteiger partial charge in [-0.1, -0.05) is 35.4 Å². The van der Waals surface area contributed by atoms with Crippen molar-refractivity contribution in [3.8, 4) is 6.07 Å². The molecule has 0 aliphatic rings. The molecular weight excluding hydrogens is 310 g/mol. The Labute approximate surface area is 149 Å². The Balaban J connectivity index is 2.20. The van der Waals surface area contributed by atoms with E-state index in [1.165, 1.54) is 6.20 Å². The van der Waals surface area contributed by atoms with Gasteiger partial charge in [0.2, 0.25) is 0 Å². The van der Waals surface area contributed by atoms with Crippen molar-refractivity contribution in [3.63, 3.8) is 0 Å². The highest BCUT2D eigenvalue weighted by Crippen LogP contribution is 2.22. The lowest BCUT2D eigenvalue weighted by Crippen LogP contribution is -2.16. The summed E-state index contributed by atoms with van der Waals surface area (Å²) in [6, 6.07) is 11.9. The number of amides is 1. The van der Waals surface area contributed by atoms with Crippen LogP contribution in [0.2, 0.25) is 0 Å². The SMILES string of the molecule is Cc1ccc(N/C=C(/C#N)C(=O)Nc2c(C)cc(C)cc2C)c(C)c1. The van der Waals surface area contributed by atoms with Crippen LogP contribution < -0.4 is 10.6 Å². The van der Waals surface area contributed by atoms with Gasteiger partial charge in [-0.25, -0.2) is 0 Å². The molecule has 0 saturated heterocycles. The molecule has 0 saturated carbocycles. The second kappa shape index (κ2) is 7.67. The highest BCUT2D eigenvalue weighted by atomic mass is 16.1. The summed E-state index contributed by atoms with van der Waals surface area (Å²) in [4.78, 5) is 12.5. The van der Waals surface area contributed by atoms with Crippen molar-refractivity contribution in [3.05, 3.63) is 69.9 Å². The van der Waals surface area contributed by atoms with Crippen LogP contribution in [0.1, 0.15) is 27.8 Å². The highest BCUT2D eigenvalue weighted by Gasteiger charge is 2.13. The number of carbonyl (C=O) groups excluding carboxylic acids is 1. The summed E-state index contributed by atoms with van der Waals surface area (Å²) in [6.07, 6.45) is 1.45. The average Bonchev–Trinajstić information content (AvgIpc) is 2.53. The fourth-order valence-electron chi connectivity index (χ4n) is 2.83. The topological polar surface area (TPSA) is 64.9 Å². The lowest BCUT2D eigenvalue weighted by Gasteiger charge is -2.13. The zero-order valence-corrected chi connectivity index (χ0v) is 15.3. The van der Waals surface area contributed by atoms with Crippen molar-refractivity contribution in [2.75, 3.05) is 10.6 Å². The van der Waals surface area contributed by atoms with Crippen LogP contribution in [0.3, 0.4) is 0 Å². The molecule has 25 heavy (non-hydrogen) atoms. The maximum Gasteiger partial charge on any atom is 0.267 e. The van der Waals surface area contributed by atoms with Gasteiger partial charge in [-0.2, -0.15) is 5.26 Å². The number of benzene rings is 2. The summed E-state index contributed by atoms with van der Waals surface area (Å²) >= 11 is 0. The smallest absolute Gasteiger partial charge is 0.267 e.